The van der Waals surface area contributed by atoms with E-state index in [1.54, 1.807) is 11.0 Å². The van der Waals surface area contributed by atoms with Crippen LogP contribution in [0.2, 0.25) is 0 Å². The number of nitrogens with zero attached hydrogens (tertiary/aromatic N) is 6. The van der Waals surface area contributed by atoms with E-state index in [2.05, 4.69) is 33.2 Å². The molecule has 2 aliphatic rings. The van der Waals surface area contributed by atoms with Gasteiger partial charge in [-0.05, 0) is 43.5 Å². The van der Waals surface area contributed by atoms with Gasteiger partial charge in [0.15, 0.2) is 5.82 Å². The molecule has 0 atom stereocenters. The van der Waals surface area contributed by atoms with E-state index in [1.807, 2.05) is 30.3 Å². The summed E-state index contributed by atoms with van der Waals surface area (Å²) in [7, 11) is 0. The minimum atomic E-state index is -0.231. The number of hydrogen-bond acceptors (Lipinski definition) is 6. The predicted molar refractivity (Wildman–Crippen MR) is 121 cm³/mol. The van der Waals surface area contributed by atoms with Gasteiger partial charge in [0.1, 0.15) is 6.54 Å². The van der Waals surface area contributed by atoms with Gasteiger partial charge in [-0.15, -0.1) is 10.2 Å². The molecule has 0 spiro atoms. The first-order valence-corrected chi connectivity index (χ1v) is 11.1. The number of piperazine rings is 1. The highest BCUT2D eigenvalue weighted by Crippen LogP contribution is 2.38. The zero-order chi connectivity index (χ0) is 22.1. The van der Waals surface area contributed by atoms with Crippen molar-refractivity contribution in [2.75, 3.05) is 31.1 Å². The van der Waals surface area contributed by atoms with Gasteiger partial charge >= 0.3 is 0 Å². The molecule has 164 valence electrons. The Kier molecular flexibility index (Phi) is 5.43. The summed E-state index contributed by atoms with van der Waals surface area (Å²) in [6.07, 6.45) is 2.21. The Morgan fingerprint density at radius 1 is 0.969 bits per heavy atom. The molecule has 2 fully saturated rings. The Labute approximate surface area is 186 Å². The van der Waals surface area contributed by atoms with E-state index < -0.39 is 0 Å². The smallest absolute Gasteiger partial charge is 0.267 e. The first-order chi connectivity index (χ1) is 15.6. The van der Waals surface area contributed by atoms with Crippen molar-refractivity contribution in [3.05, 3.63) is 70.1 Å². The molecule has 3 aromatic rings. The molecule has 1 aliphatic carbocycles. The van der Waals surface area contributed by atoms with Gasteiger partial charge in [-0.3, -0.25) is 9.59 Å². The van der Waals surface area contributed by atoms with Crippen LogP contribution in [0.1, 0.15) is 30.0 Å². The Morgan fingerprint density at radius 3 is 2.44 bits per heavy atom. The maximum atomic E-state index is 12.8. The maximum Gasteiger partial charge on any atom is 0.267 e. The minimum Gasteiger partial charge on any atom is -0.352 e. The SMILES string of the molecule is Cc1ccccc1-c1ccc(N2CCN(C(=O)Cn3nc(C4CC4)ccc3=O)CC2)nn1. The van der Waals surface area contributed by atoms with E-state index in [9.17, 15) is 9.59 Å². The van der Waals surface area contributed by atoms with Crippen LogP contribution < -0.4 is 10.5 Å². The molecule has 1 saturated heterocycles. The quantitative estimate of drug-likeness (QED) is 0.617. The summed E-state index contributed by atoms with van der Waals surface area (Å²) in [5, 5.41) is 13.2. The highest BCUT2D eigenvalue weighted by Gasteiger charge is 2.27. The Balaban J connectivity index is 1.20. The van der Waals surface area contributed by atoms with Gasteiger partial charge in [0.05, 0.1) is 11.4 Å². The first kappa shape index (κ1) is 20.4. The molecule has 1 aliphatic heterocycles. The molecule has 2 aromatic heterocycles. The molecule has 8 heteroatoms. The lowest BCUT2D eigenvalue weighted by Gasteiger charge is -2.35. The molecule has 0 bridgehead atoms. The van der Waals surface area contributed by atoms with Crippen LogP contribution in [0.4, 0.5) is 5.82 Å². The molecule has 8 nitrogen and oxygen atoms in total. The standard InChI is InChI=1S/C24H26N6O2/c1-17-4-2-3-5-19(17)21-8-10-22(26-25-21)28-12-14-29(15-13-28)24(32)16-30-23(31)11-9-20(27-30)18-6-7-18/h2-5,8-11,18H,6-7,12-16H2,1H3. The lowest BCUT2D eigenvalue weighted by atomic mass is 10.1. The van der Waals surface area contributed by atoms with Crippen LogP contribution in [-0.2, 0) is 11.3 Å². The van der Waals surface area contributed by atoms with Gasteiger partial charge < -0.3 is 9.80 Å². The normalized spacial score (nSPS) is 16.3. The van der Waals surface area contributed by atoms with E-state index in [1.165, 1.54) is 10.7 Å². The number of aryl methyl sites for hydroxylation is 1. The zero-order valence-corrected chi connectivity index (χ0v) is 18.1. The molecule has 1 amide bonds. The number of benzene rings is 1. The maximum absolute atomic E-state index is 12.8. The monoisotopic (exact) mass is 430 g/mol. The van der Waals surface area contributed by atoms with Crippen molar-refractivity contribution in [3.8, 4) is 11.3 Å². The predicted octanol–water partition coefficient (Wildman–Crippen LogP) is 2.23. The first-order valence-electron chi connectivity index (χ1n) is 11.1. The van der Waals surface area contributed by atoms with Gasteiger partial charge in [0, 0.05) is 43.7 Å². The summed E-state index contributed by atoms with van der Waals surface area (Å²) in [5.74, 6) is 1.18. The molecule has 5 rings (SSSR count). The molecule has 3 heterocycles. The number of hydrogen-bond donors (Lipinski definition) is 0. The number of amides is 1. The summed E-state index contributed by atoms with van der Waals surface area (Å²) in [6, 6.07) is 15.4. The van der Waals surface area contributed by atoms with Crippen LogP contribution in [0.25, 0.3) is 11.3 Å². The van der Waals surface area contributed by atoms with Crippen molar-refractivity contribution >= 4 is 11.7 Å². The lowest BCUT2D eigenvalue weighted by Crippen LogP contribution is -2.50. The van der Waals surface area contributed by atoms with Gasteiger partial charge in [-0.25, -0.2) is 4.68 Å². The fourth-order valence-corrected chi connectivity index (χ4v) is 4.09. The van der Waals surface area contributed by atoms with Crippen LogP contribution in [0, 0.1) is 6.92 Å². The van der Waals surface area contributed by atoms with Gasteiger partial charge in [-0.1, -0.05) is 24.3 Å². The second kappa shape index (κ2) is 8.53. The van der Waals surface area contributed by atoms with E-state index in [-0.39, 0.29) is 18.0 Å². The molecule has 0 N–H and O–H groups in total. The summed E-state index contributed by atoms with van der Waals surface area (Å²) in [6.45, 7) is 4.56. The average Bonchev–Trinajstić information content (AvgIpc) is 3.67. The van der Waals surface area contributed by atoms with Crippen molar-refractivity contribution in [2.24, 2.45) is 0 Å². The van der Waals surface area contributed by atoms with Crippen LogP contribution in [0.3, 0.4) is 0 Å². The second-order valence-corrected chi connectivity index (χ2v) is 8.49. The number of carbonyl (C=O) groups excluding carboxylic acids is 1. The number of anilines is 1. The van der Waals surface area contributed by atoms with Crippen LogP contribution in [-0.4, -0.2) is 57.0 Å². The zero-order valence-electron chi connectivity index (χ0n) is 18.1. The molecule has 0 unspecified atom stereocenters. The topological polar surface area (TPSA) is 84.2 Å². The third-order valence-corrected chi connectivity index (χ3v) is 6.20. The summed E-state index contributed by atoms with van der Waals surface area (Å²) < 4.78 is 1.30. The van der Waals surface area contributed by atoms with Gasteiger partial charge in [0.25, 0.3) is 5.56 Å². The average molecular weight is 431 g/mol. The summed E-state index contributed by atoms with van der Waals surface area (Å²) in [5.41, 5.74) is 3.78. The Morgan fingerprint density at radius 2 is 1.75 bits per heavy atom. The van der Waals surface area contributed by atoms with Crippen LogP contribution in [0.5, 0.6) is 0 Å². The van der Waals surface area contributed by atoms with Crippen molar-refractivity contribution in [2.45, 2.75) is 32.2 Å². The number of carbonyl (C=O) groups is 1. The van der Waals surface area contributed by atoms with Gasteiger partial charge in [-0.2, -0.15) is 5.10 Å². The molecular weight excluding hydrogens is 404 g/mol. The number of rotatable bonds is 5. The van der Waals surface area contributed by atoms with E-state index >= 15 is 0 Å². The fraction of sp³-hybridized carbons (Fsp3) is 0.375. The number of aromatic nitrogens is 4. The van der Waals surface area contributed by atoms with Crippen LogP contribution >= 0.6 is 0 Å². The fourth-order valence-electron chi connectivity index (χ4n) is 4.09. The van der Waals surface area contributed by atoms with E-state index in [4.69, 9.17) is 0 Å². The molecule has 1 saturated carbocycles. The molecule has 32 heavy (non-hydrogen) atoms. The third kappa shape index (κ3) is 4.26. The summed E-state index contributed by atoms with van der Waals surface area (Å²) in [4.78, 5) is 28.8. The van der Waals surface area contributed by atoms with Crippen molar-refractivity contribution < 1.29 is 4.79 Å². The van der Waals surface area contributed by atoms with E-state index in [0.717, 1.165) is 41.2 Å². The lowest BCUT2D eigenvalue weighted by molar-refractivity contribution is -0.132. The third-order valence-electron chi connectivity index (χ3n) is 6.20. The van der Waals surface area contributed by atoms with Gasteiger partial charge in [0.2, 0.25) is 5.91 Å². The Hall–Kier alpha value is -3.55. The van der Waals surface area contributed by atoms with E-state index in [0.29, 0.717) is 32.1 Å². The highest BCUT2D eigenvalue weighted by atomic mass is 16.2. The van der Waals surface area contributed by atoms with Crippen molar-refractivity contribution in [1.82, 2.24) is 24.9 Å². The largest absolute Gasteiger partial charge is 0.352 e. The molecule has 0 radical (unpaired) electrons. The molecular formula is C24H26N6O2. The minimum absolute atomic E-state index is 0.00960. The van der Waals surface area contributed by atoms with Crippen LogP contribution in [0.15, 0.2) is 53.3 Å². The second-order valence-electron chi connectivity index (χ2n) is 8.49. The summed E-state index contributed by atoms with van der Waals surface area (Å²) >= 11 is 0. The highest BCUT2D eigenvalue weighted by molar-refractivity contribution is 5.76. The molecule has 1 aromatic carbocycles. The van der Waals surface area contributed by atoms with Crippen molar-refractivity contribution in [3.63, 3.8) is 0 Å². The van der Waals surface area contributed by atoms with Crippen molar-refractivity contribution in [1.29, 1.82) is 0 Å². The Bertz CT molecular complexity index is 1180.